The quantitative estimate of drug-likeness (QED) is 0.613. The maximum Gasteiger partial charge on any atom is 0.101 e. The van der Waals surface area contributed by atoms with Gasteiger partial charge in [0.2, 0.25) is 0 Å². The lowest BCUT2D eigenvalue weighted by Gasteiger charge is -2.21. The van der Waals surface area contributed by atoms with Gasteiger partial charge in [-0.3, -0.25) is 0 Å². The van der Waals surface area contributed by atoms with E-state index < -0.39 is 5.54 Å². The molecule has 0 aromatic rings. The molecule has 94 valence electrons. The van der Waals surface area contributed by atoms with E-state index >= 15 is 0 Å². The van der Waals surface area contributed by atoms with Gasteiger partial charge in [-0.05, 0) is 58.7 Å². The van der Waals surface area contributed by atoms with Crippen LogP contribution in [0.15, 0.2) is 0 Å². The van der Waals surface area contributed by atoms with Gasteiger partial charge in [-0.1, -0.05) is 13.8 Å². The molecular formula is C13H27N3. The maximum absolute atomic E-state index is 8.79. The van der Waals surface area contributed by atoms with Crippen molar-refractivity contribution in [1.82, 2.24) is 4.90 Å². The molecule has 0 saturated heterocycles. The van der Waals surface area contributed by atoms with E-state index in [9.17, 15) is 0 Å². The lowest BCUT2D eigenvalue weighted by Crippen LogP contribution is -2.34. The summed E-state index contributed by atoms with van der Waals surface area (Å²) in [5.74, 6) is 0. The summed E-state index contributed by atoms with van der Waals surface area (Å²) in [6, 6.07) is 2.14. The van der Waals surface area contributed by atoms with Crippen LogP contribution in [0.25, 0.3) is 0 Å². The normalized spacial score (nSPS) is 14.8. The van der Waals surface area contributed by atoms with E-state index in [4.69, 9.17) is 11.0 Å². The standard InChI is InChI=1S/C13H27N3/c1-4-9-16(10-5-2)11-7-6-8-13(3,15)12-14/h4-11,15H2,1-3H3. The van der Waals surface area contributed by atoms with Crippen LogP contribution in [0.4, 0.5) is 0 Å². The van der Waals surface area contributed by atoms with Crippen molar-refractivity contribution < 1.29 is 0 Å². The Labute approximate surface area is 101 Å². The van der Waals surface area contributed by atoms with E-state index in [1.165, 1.54) is 25.9 Å². The zero-order chi connectivity index (χ0) is 12.4. The third-order valence-electron chi connectivity index (χ3n) is 2.76. The lowest BCUT2D eigenvalue weighted by molar-refractivity contribution is 0.266. The molecule has 0 bridgehead atoms. The molecule has 0 saturated carbocycles. The van der Waals surface area contributed by atoms with Crippen molar-refractivity contribution in [1.29, 1.82) is 5.26 Å². The number of hydrogen-bond acceptors (Lipinski definition) is 3. The number of unbranched alkanes of at least 4 members (excludes halogenated alkanes) is 1. The molecule has 1 unspecified atom stereocenters. The molecule has 3 heteroatoms. The highest BCUT2D eigenvalue weighted by atomic mass is 15.1. The molecule has 3 nitrogen and oxygen atoms in total. The molecular weight excluding hydrogens is 198 g/mol. The summed E-state index contributed by atoms with van der Waals surface area (Å²) in [6.07, 6.45) is 5.42. The molecule has 0 fully saturated rings. The Morgan fingerprint density at radius 3 is 2.12 bits per heavy atom. The Morgan fingerprint density at radius 2 is 1.69 bits per heavy atom. The first-order valence-corrected chi connectivity index (χ1v) is 6.48. The number of nitrogens with zero attached hydrogens (tertiary/aromatic N) is 2. The van der Waals surface area contributed by atoms with Gasteiger partial charge in [-0.15, -0.1) is 0 Å². The van der Waals surface area contributed by atoms with Crippen molar-refractivity contribution in [3.63, 3.8) is 0 Å². The zero-order valence-corrected chi connectivity index (χ0v) is 11.1. The smallest absolute Gasteiger partial charge is 0.101 e. The second-order valence-electron chi connectivity index (χ2n) is 4.83. The molecule has 0 aromatic carbocycles. The summed E-state index contributed by atoms with van der Waals surface area (Å²) in [4.78, 5) is 2.50. The van der Waals surface area contributed by atoms with Crippen molar-refractivity contribution in [3.8, 4) is 6.07 Å². The Bertz CT molecular complexity index is 200. The number of nitriles is 1. The molecule has 0 amide bonds. The largest absolute Gasteiger partial charge is 0.314 e. The van der Waals surface area contributed by atoms with Gasteiger partial charge in [0, 0.05) is 0 Å². The van der Waals surface area contributed by atoms with Crippen molar-refractivity contribution in [3.05, 3.63) is 0 Å². The third kappa shape index (κ3) is 7.67. The molecule has 0 aromatic heterocycles. The topological polar surface area (TPSA) is 53.0 Å². The number of rotatable bonds is 9. The Morgan fingerprint density at radius 1 is 1.12 bits per heavy atom. The van der Waals surface area contributed by atoms with Gasteiger partial charge in [0.25, 0.3) is 0 Å². The van der Waals surface area contributed by atoms with Crippen LogP contribution in [0.3, 0.4) is 0 Å². The first kappa shape index (κ1) is 15.4. The van der Waals surface area contributed by atoms with Crippen molar-refractivity contribution in [2.24, 2.45) is 5.73 Å². The van der Waals surface area contributed by atoms with E-state index in [1.807, 2.05) is 6.92 Å². The van der Waals surface area contributed by atoms with Gasteiger partial charge in [0.15, 0.2) is 0 Å². The van der Waals surface area contributed by atoms with Crippen LogP contribution in [0.5, 0.6) is 0 Å². The molecule has 0 aliphatic rings. The average molecular weight is 225 g/mol. The summed E-state index contributed by atoms with van der Waals surface area (Å²) >= 11 is 0. The molecule has 0 aliphatic heterocycles. The molecule has 0 aliphatic carbocycles. The Balaban J connectivity index is 3.66. The van der Waals surface area contributed by atoms with Gasteiger partial charge >= 0.3 is 0 Å². The summed E-state index contributed by atoms with van der Waals surface area (Å²) in [6.45, 7) is 9.76. The first-order chi connectivity index (χ1) is 7.55. The second-order valence-corrected chi connectivity index (χ2v) is 4.83. The number of nitrogens with two attached hydrogens (primary N) is 1. The highest BCUT2D eigenvalue weighted by molar-refractivity contribution is 5.00. The van der Waals surface area contributed by atoms with E-state index in [-0.39, 0.29) is 0 Å². The van der Waals surface area contributed by atoms with E-state index in [0.717, 1.165) is 25.8 Å². The highest BCUT2D eigenvalue weighted by Crippen LogP contribution is 2.10. The minimum Gasteiger partial charge on any atom is -0.314 e. The lowest BCUT2D eigenvalue weighted by atomic mass is 9.98. The number of hydrogen-bond donors (Lipinski definition) is 1. The van der Waals surface area contributed by atoms with Crippen molar-refractivity contribution in [2.75, 3.05) is 19.6 Å². The Hall–Kier alpha value is -0.590. The van der Waals surface area contributed by atoms with E-state index in [2.05, 4.69) is 24.8 Å². The molecule has 2 N–H and O–H groups in total. The predicted molar refractivity (Wildman–Crippen MR) is 69.1 cm³/mol. The predicted octanol–water partition coefficient (Wildman–Crippen LogP) is 2.52. The molecule has 0 radical (unpaired) electrons. The van der Waals surface area contributed by atoms with Crippen LogP contribution in [0, 0.1) is 11.3 Å². The fourth-order valence-electron chi connectivity index (χ4n) is 1.85. The minimum absolute atomic E-state index is 0.639. The molecule has 0 spiro atoms. The molecule has 0 heterocycles. The van der Waals surface area contributed by atoms with Crippen molar-refractivity contribution in [2.45, 2.75) is 58.4 Å². The van der Waals surface area contributed by atoms with Gasteiger partial charge < -0.3 is 10.6 Å². The first-order valence-electron chi connectivity index (χ1n) is 6.48. The van der Waals surface area contributed by atoms with Gasteiger partial charge in [-0.25, -0.2) is 0 Å². The van der Waals surface area contributed by atoms with Gasteiger partial charge in [-0.2, -0.15) is 5.26 Å². The molecule has 0 rings (SSSR count). The van der Waals surface area contributed by atoms with Crippen LogP contribution < -0.4 is 5.73 Å². The van der Waals surface area contributed by atoms with Crippen LogP contribution in [0.2, 0.25) is 0 Å². The van der Waals surface area contributed by atoms with Crippen LogP contribution >= 0.6 is 0 Å². The fourth-order valence-corrected chi connectivity index (χ4v) is 1.85. The van der Waals surface area contributed by atoms with Crippen molar-refractivity contribution >= 4 is 0 Å². The van der Waals surface area contributed by atoms with Crippen LogP contribution in [-0.2, 0) is 0 Å². The summed E-state index contributed by atoms with van der Waals surface area (Å²) in [5.41, 5.74) is 5.14. The second kappa shape index (κ2) is 8.55. The third-order valence-corrected chi connectivity index (χ3v) is 2.76. The highest BCUT2D eigenvalue weighted by Gasteiger charge is 2.16. The molecule has 16 heavy (non-hydrogen) atoms. The van der Waals surface area contributed by atoms with E-state index in [1.54, 1.807) is 0 Å². The Kier molecular flexibility index (Phi) is 8.23. The van der Waals surface area contributed by atoms with E-state index in [0.29, 0.717) is 0 Å². The fraction of sp³-hybridized carbons (Fsp3) is 0.923. The van der Waals surface area contributed by atoms with Gasteiger partial charge in [0.1, 0.15) is 5.54 Å². The monoisotopic (exact) mass is 225 g/mol. The summed E-state index contributed by atoms with van der Waals surface area (Å²) in [5, 5.41) is 8.79. The zero-order valence-electron chi connectivity index (χ0n) is 11.1. The summed E-state index contributed by atoms with van der Waals surface area (Å²) in [7, 11) is 0. The summed E-state index contributed by atoms with van der Waals surface area (Å²) < 4.78 is 0. The van der Waals surface area contributed by atoms with Crippen LogP contribution in [-0.4, -0.2) is 30.1 Å². The van der Waals surface area contributed by atoms with Crippen LogP contribution in [0.1, 0.15) is 52.9 Å². The van der Waals surface area contributed by atoms with Gasteiger partial charge in [0.05, 0.1) is 6.07 Å². The minimum atomic E-state index is -0.639. The maximum atomic E-state index is 8.79. The SMILES string of the molecule is CCCN(CCC)CCCCC(C)(N)C#N. The molecule has 1 atom stereocenters. The average Bonchev–Trinajstić information content (AvgIpc) is 2.25.